The van der Waals surface area contributed by atoms with Crippen molar-refractivity contribution in [3.05, 3.63) is 77.2 Å². The third kappa shape index (κ3) is 4.78. The first kappa shape index (κ1) is 20.1. The smallest absolute Gasteiger partial charge is 0.230 e. The number of hydrogen-bond acceptors (Lipinski definition) is 3. The summed E-state index contributed by atoms with van der Waals surface area (Å²) in [6, 6.07) is 12.6. The van der Waals surface area contributed by atoms with Crippen LogP contribution in [0.3, 0.4) is 0 Å². The highest BCUT2D eigenvalue weighted by atomic mass is 32.2. The lowest BCUT2D eigenvalue weighted by Crippen LogP contribution is -2.19. The topological polar surface area (TPSA) is 55.5 Å². The van der Waals surface area contributed by atoms with E-state index in [1.807, 2.05) is 51.1 Å². The molecule has 0 N–H and O–H groups in total. The summed E-state index contributed by atoms with van der Waals surface area (Å²) in [6.45, 7) is 5.42. The molecule has 146 valence electrons. The molecule has 0 bridgehead atoms. The highest BCUT2D eigenvalue weighted by Gasteiger charge is 2.20. The Morgan fingerprint density at radius 1 is 1.14 bits per heavy atom. The Bertz CT molecular complexity index is 1020. The average Bonchev–Trinajstić information content (AvgIpc) is 3.04. The summed E-state index contributed by atoms with van der Waals surface area (Å²) in [5.74, 6) is -0.857. The standard InChI is InChI=1S/C21H20F2N2O2S/c1-21(2,3)28(26)24-13-18-19(11-14-7-5-4-6-8-14)27-20(25-18)16-12-15(22)9-10-17(16)23/h4-10,12-13H,11H2,1-3H3. The normalized spacial score (nSPS) is 13.2. The summed E-state index contributed by atoms with van der Waals surface area (Å²) >= 11 is 0. The number of halogens is 2. The molecule has 0 aliphatic heterocycles. The minimum Gasteiger partial charge on any atom is -0.440 e. The molecule has 7 heteroatoms. The van der Waals surface area contributed by atoms with E-state index in [0.717, 1.165) is 23.8 Å². The number of hydrogen-bond donors (Lipinski definition) is 0. The van der Waals surface area contributed by atoms with E-state index < -0.39 is 27.4 Å². The van der Waals surface area contributed by atoms with E-state index in [4.69, 9.17) is 4.42 Å². The number of aromatic nitrogens is 1. The van der Waals surface area contributed by atoms with Crippen molar-refractivity contribution in [2.24, 2.45) is 4.40 Å². The van der Waals surface area contributed by atoms with E-state index in [1.165, 1.54) is 6.21 Å². The quantitative estimate of drug-likeness (QED) is 0.559. The second kappa shape index (κ2) is 8.14. The van der Waals surface area contributed by atoms with Crippen molar-refractivity contribution in [3.63, 3.8) is 0 Å². The summed E-state index contributed by atoms with van der Waals surface area (Å²) in [4.78, 5) is 4.28. The van der Waals surface area contributed by atoms with E-state index in [0.29, 0.717) is 17.9 Å². The molecule has 1 unspecified atom stereocenters. The van der Waals surface area contributed by atoms with Gasteiger partial charge in [-0.2, -0.15) is 4.40 Å². The van der Waals surface area contributed by atoms with Gasteiger partial charge in [0.25, 0.3) is 0 Å². The van der Waals surface area contributed by atoms with Crippen molar-refractivity contribution in [2.45, 2.75) is 31.9 Å². The Hall–Kier alpha value is -2.67. The molecule has 1 aromatic heterocycles. The summed E-state index contributed by atoms with van der Waals surface area (Å²) in [5, 5.41) is 0. The van der Waals surface area contributed by atoms with Gasteiger partial charge in [-0.3, -0.25) is 0 Å². The van der Waals surface area contributed by atoms with Crippen LogP contribution < -0.4 is 0 Å². The fourth-order valence-electron chi connectivity index (χ4n) is 2.40. The van der Waals surface area contributed by atoms with Gasteiger partial charge in [0.05, 0.1) is 16.5 Å². The molecule has 0 saturated heterocycles. The van der Waals surface area contributed by atoms with Crippen LogP contribution in [0, 0.1) is 11.6 Å². The third-order valence-electron chi connectivity index (χ3n) is 3.89. The maximum absolute atomic E-state index is 14.1. The van der Waals surface area contributed by atoms with Gasteiger partial charge in [-0.25, -0.2) is 18.0 Å². The molecule has 4 nitrogen and oxygen atoms in total. The average molecular weight is 402 g/mol. The fraction of sp³-hybridized carbons (Fsp3) is 0.238. The molecule has 1 heterocycles. The minimum absolute atomic E-state index is 0.0501. The molecule has 0 radical (unpaired) electrons. The predicted octanol–water partition coefficient (Wildman–Crippen LogP) is 5.09. The molecular weight excluding hydrogens is 382 g/mol. The van der Waals surface area contributed by atoms with Crippen molar-refractivity contribution in [1.29, 1.82) is 0 Å². The van der Waals surface area contributed by atoms with Crippen LogP contribution in [-0.2, 0) is 17.4 Å². The first-order chi connectivity index (χ1) is 13.2. The molecule has 0 fully saturated rings. The summed E-state index contributed by atoms with van der Waals surface area (Å²) in [6.07, 6.45) is 1.75. The predicted molar refractivity (Wildman–Crippen MR) is 107 cm³/mol. The van der Waals surface area contributed by atoms with Crippen LogP contribution in [0.15, 0.2) is 57.3 Å². The van der Waals surface area contributed by atoms with E-state index in [1.54, 1.807) is 0 Å². The lowest BCUT2D eigenvalue weighted by Gasteiger charge is -2.12. The first-order valence-electron chi connectivity index (χ1n) is 8.69. The molecule has 0 spiro atoms. The monoisotopic (exact) mass is 402 g/mol. The fourth-order valence-corrected chi connectivity index (χ4v) is 2.92. The minimum atomic E-state index is -1.48. The molecule has 0 aliphatic rings. The molecule has 1 atom stereocenters. The Morgan fingerprint density at radius 2 is 1.86 bits per heavy atom. The van der Waals surface area contributed by atoms with Crippen LogP contribution in [0.1, 0.15) is 37.8 Å². The number of benzene rings is 2. The van der Waals surface area contributed by atoms with Crippen LogP contribution in [0.2, 0.25) is 0 Å². The largest absolute Gasteiger partial charge is 0.440 e. The van der Waals surface area contributed by atoms with Crippen molar-refractivity contribution >= 4 is 17.2 Å². The Kier molecular flexibility index (Phi) is 5.84. The van der Waals surface area contributed by atoms with Gasteiger partial charge in [0, 0.05) is 6.42 Å². The molecule has 0 saturated carbocycles. The zero-order valence-electron chi connectivity index (χ0n) is 15.8. The van der Waals surface area contributed by atoms with Crippen molar-refractivity contribution in [1.82, 2.24) is 4.98 Å². The van der Waals surface area contributed by atoms with Crippen LogP contribution in [0.4, 0.5) is 8.78 Å². The molecule has 0 aliphatic carbocycles. The van der Waals surface area contributed by atoms with E-state index in [-0.39, 0.29) is 11.5 Å². The highest BCUT2D eigenvalue weighted by molar-refractivity contribution is 7.85. The lowest BCUT2D eigenvalue weighted by molar-refractivity contribution is 0.520. The molecule has 3 aromatic rings. The zero-order chi connectivity index (χ0) is 20.3. The summed E-state index contributed by atoms with van der Waals surface area (Å²) < 4.78 is 49.2. The SMILES string of the molecule is CC(C)(C)S(=O)N=Cc1nc(-c2cc(F)ccc2F)oc1Cc1ccccc1. The Balaban J connectivity index is 2.03. The molecular formula is C21H20F2N2O2S. The first-order valence-corrected chi connectivity index (χ1v) is 9.80. The van der Waals surface area contributed by atoms with Crippen molar-refractivity contribution in [2.75, 3.05) is 0 Å². The van der Waals surface area contributed by atoms with Gasteiger partial charge in [0.2, 0.25) is 5.89 Å². The summed E-state index contributed by atoms with van der Waals surface area (Å²) in [7, 11) is -1.48. The van der Waals surface area contributed by atoms with Crippen LogP contribution >= 0.6 is 0 Å². The van der Waals surface area contributed by atoms with Crippen molar-refractivity contribution < 1.29 is 17.4 Å². The van der Waals surface area contributed by atoms with Crippen LogP contribution in [-0.4, -0.2) is 20.2 Å². The maximum atomic E-state index is 14.1. The molecule has 3 rings (SSSR count). The third-order valence-corrected chi connectivity index (χ3v) is 5.23. The van der Waals surface area contributed by atoms with Gasteiger partial charge in [0.1, 0.15) is 34.1 Å². The number of nitrogens with zero attached hydrogens (tertiary/aromatic N) is 2. The van der Waals surface area contributed by atoms with Gasteiger partial charge in [-0.05, 0) is 44.5 Å². The van der Waals surface area contributed by atoms with Gasteiger partial charge in [0.15, 0.2) is 0 Å². The van der Waals surface area contributed by atoms with Gasteiger partial charge in [-0.15, -0.1) is 0 Å². The van der Waals surface area contributed by atoms with Gasteiger partial charge in [-0.1, -0.05) is 30.3 Å². The van der Waals surface area contributed by atoms with E-state index in [2.05, 4.69) is 9.38 Å². The molecule has 0 amide bonds. The van der Waals surface area contributed by atoms with Gasteiger partial charge < -0.3 is 4.42 Å². The van der Waals surface area contributed by atoms with Crippen LogP contribution in [0.25, 0.3) is 11.5 Å². The van der Waals surface area contributed by atoms with Crippen molar-refractivity contribution in [3.8, 4) is 11.5 Å². The maximum Gasteiger partial charge on any atom is 0.230 e. The van der Waals surface area contributed by atoms with Crippen LogP contribution in [0.5, 0.6) is 0 Å². The molecule has 2 aromatic carbocycles. The summed E-state index contributed by atoms with van der Waals surface area (Å²) in [5.41, 5.74) is 1.21. The lowest BCUT2D eigenvalue weighted by atomic mass is 10.1. The Morgan fingerprint density at radius 3 is 2.54 bits per heavy atom. The van der Waals surface area contributed by atoms with Gasteiger partial charge >= 0.3 is 0 Å². The highest BCUT2D eigenvalue weighted by Crippen LogP contribution is 2.26. The second-order valence-corrected chi connectivity index (χ2v) is 9.14. The zero-order valence-corrected chi connectivity index (χ0v) is 16.6. The van der Waals surface area contributed by atoms with E-state index >= 15 is 0 Å². The Labute approximate surface area is 164 Å². The van der Waals surface area contributed by atoms with E-state index in [9.17, 15) is 13.0 Å². The number of oxazole rings is 1. The number of rotatable bonds is 5. The molecule has 28 heavy (non-hydrogen) atoms. The second-order valence-electron chi connectivity index (χ2n) is 7.21.